The second kappa shape index (κ2) is 59.7. The predicted octanol–water partition coefficient (Wildman–Crippen LogP) is 20.8. The summed E-state index contributed by atoms with van der Waals surface area (Å²) in [5.41, 5.74) is 8.54. The number of ether oxygens (including phenoxy) is 9. The van der Waals surface area contributed by atoms with Gasteiger partial charge in [0.15, 0.2) is 0 Å². The fourth-order valence-corrected chi connectivity index (χ4v) is 23.1. The second-order valence-electron chi connectivity index (χ2n) is 36.9. The number of fused-ring (bicyclic) bond motifs is 2. The van der Waals surface area contributed by atoms with Crippen LogP contribution in [0.4, 0.5) is 5.69 Å². The van der Waals surface area contributed by atoms with Crippen LogP contribution < -0.4 is 56.8 Å². The molecule has 14 rings (SSSR count). The lowest BCUT2D eigenvalue weighted by molar-refractivity contribution is -0.143. The lowest BCUT2D eigenvalue weighted by Gasteiger charge is -2.31. The number of aliphatic hydroxyl groups excluding tert-OH is 2. The van der Waals surface area contributed by atoms with E-state index in [-0.39, 0.29) is 96.0 Å². The molecule has 0 amide bonds. The van der Waals surface area contributed by atoms with Gasteiger partial charge in [0.1, 0.15) is 63.3 Å². The Balaban J connectivity index is 0.000000216. The summed E-state index contributed by atoms with van der Waals surface area (Å²) in [5, 5.41) is 29.4. The van der Waals surface area contributed by atoms with Crippen molar-refractivity contribution >= 4 is 124 Å². The summed E-state index contributed by atoms with van der Waals surface area (Å²) in [6.45, 7) is 43.6. The highest BCUT2D eigenvalue weighted by atomic mass is 31.2. The van der Waals surface area contributed by atoms with Gasteiger partial charge in [-0.25, -0.2) is 24.0 Å². The molecule has 2 aliphatic rings. The lowest BCUT2D eigenvalue weighted by atomic mass is 9.70. The smallest absolute Gasteiger partial charge is 0.338 e. The molecule has 0 saturated heterocycles. The first-order chi connectivity index (χ1) is 70.7. The Kier molecular flexibility index (Phi) is 48.1. The molecule has 24 heteroatoms. The molecular formula is C124H140NO20P3. The van der Waals surface area contributed by atoms with E-state index in [0.717, 1.165) is 51.9 Å². The van der Waals surface area contributed by atoms with Crippen molar-refractivity contribution in [3.63, 3.8) is 0 Å². The van der Waals surface area contributed by atoms with E-state index in [1.54, 1.807) is 57.2 Å². The van der Waals surface area contributed by atoms with Gasteiger partial charge in [0, 0.05) is 75.0 Å². The van der Waals surface area contributed by atoms with Crippen LogP contribution in [0.5, 0.6) is 11.5 Å². The quantitative estimate of drug-likeness (QED) is 0.00904. The topological polar surface area (TPSA) is 280 Å². The van der Waals surface area contributed by atoms with E-state index in [0.29, 0.717) is 77.4 Å². The number of anilines is 1. The van der Waals surface area contributed by atoms with Crippen molar-refractivity contribution < 1.29 is 95.8 Å². The maximum Gasteiger partial charge on any atom is 0.338 e. The van der Waals surface area contributed by atoms with Crippen molar-refractivity contribution in [3.8, 4) is 11.5 Å². The minimum Gasteiger partial charge on any atom is -0.491 e. The average Bonchev–Trinajstić information content (AvgIpc) is 1.54. The average molecular weight is 2060 g/mol. The standard InChI is InChI=1S/C29H36O8.C22H21O2P.C20H17P.C18H15P.C14H22O6.C11H15NO2.C10H14O2/c1-19(2)27(32)36-17-23(30)15-34-25-11-7-21(8-12-25)29(5,6)22-9-13-26(14-10-22)35-16-24(31)18-37-28(33)20(3)4;1-16-14-17(2)21(18(3)15-16)22(23)25(24,19-10-6-4-7-11-19)20-12-8-5-9-13-20;1-2-17-13-15-20(16-14-17)21(18-9-5-3-6-10-18)19-11-7-4-8-12-19;1-4-10-16(11-5-1)19(17-12-6-2-7-13-17)18-14-8-3-9-15-18;1-11(2)13(15)19-9-7-17-5-6-18-8-10-20-14(16)12(3)4;1-4-14-11(13)9-5-7-10(8-6-9)12(2)3;1-9(2)6-4-5-10(9,3)8(12)7(6)11/h7-14,23-24,30-31H,1,3,15-18H2,2,4-6H3;4-15H,1-3H3;2-16H,1H2;1-15H;1,3,5-10H2,2,4H3;5-8H,4H2,1-3H3;6H,4-5H2,1-3H3. The summed E-state index contributed by atoms with van der Waals surface area (Å²) in [7, 11) is -0.473. The van der Waals surface area contributed by atoms with Gasteiger partial charge in [-0.15, -0.1) is 0 Å². The van der Waals surface area contributed by atoms with E-state index in [4.69, 9.17) is 42.6 Å². The molecule has 148 heavy (non-hydrogen) atoms. The third kappa shape index (κ3) is 35.4. The lowest BCUT2D eigenvalue weighted by Crippen LogP contribution is -2.33. The highest BCUT2D eigenvalue weighted by Crippen LogP contribution is 2.62. The number of Topliss-reactive ketones (excluding diaryl/α,β-unsaturated/α-hetero) is 2. The highest BCUT2D eigenvalue weighted by Gasteiger charge is 2.66. The van der Waals surface area contributed by atoms with Gasteiger partial charge in [-0.1, -0.05) is 352 Å². The number of hydrogen-bond donors (Lipinski definition) is 2. The Bertz CT molecular complexity index is 6070. The van der Waals surface area contributed by atoms with Gasteiger partial charge in [-0.2, -0.15) is 0 Å². The number of hydrogen-bond acceptors (Lipinski definition) is 21. The molecule has 2 N–H and O–H groups in total. The number of benzene rings is 12. The van der Waals surface area contributed by atoms with Crippen LogP contribution in [0.3, 0.4) is 0 Å². The molecule has 12 aromatic carbocycles. The number of rotatable bonds is 39. The van der Waals surface area contributed by atoms with E-state index < -0.39 is 59.1 Å². The molecule has 2 fully saturated rings. The monoisotopic (exact) mass is 2060 g/mol. The number of ketones is 2. The first-order valence-electron chi connectivity index (χ1n) is 48.9. The number of esters is 5. The van der Waals surface area contributed by atoms with E-state index in [1.807, 2.05) is 176 Å². The second-order valence-corrected chi connectivity index (χ2v) is 44.0. The predicted molar refractivity (Wildman–Crippen MR) is 599 cm³/mol. The van der Waals surface area contributed by atoms with Gasteiger partial charge in [0.25, 0.3) is 0 Å². The van der Waals surface area contributed by atoms with Crippen molar-refractivity contribution in [2.45, 2.75) is 120 Å². The van der Waals surface area contributed by atoms with E-state index in [1.165, 1.54) is 45.7 Å². The zero-order valence-corrected chi connectivity index (χ0v) is 90.4. The van der Waals surface area contributed by atoms with Crippen LogP contribution in [0, 0.1) is 37.5 Å². The third-order valence-corrected chi connectivity index (χ3v) is 32.3. The van der Waals surface area contributed by atoms with E-state index in [2.05, 4.69) is 223 Å². The highest BCUT2D eigenvalue weighted by molar-refractivity contribution is 7.93. The first kappa shape index (κ1) is 119. The maximum atomic E-state index is 14.2. The van der Waals surface area contributed by atoms with Crippen LogP contribution in [-0.2, 0) is 71.9 Å². The number of carbonyl (C=O) groups is 8. The molecule has 2 aliphatic carbocycles. The maximum absolute atomic E-state index is 14.2. The molecule has 776 valence electrons. The summed E-state index contributed by atoms with van der Waals surface area (Å²) in [5.74, 6) is -1.28. The van der Waals surface area contributed by atoms with Crippen LogP contribution in [0.1, 0.15) is 136 Å². The number of aryl methyl sites for hydroxylation is 3. The van der Waals surface area contributed by atoms with Gasteiger partial charge in [0.2, 0.25) is 24.2 Å². The van der Waals surface area contributed by atoms with Crippen molar-refractivity contribution in [2.24, 2.45) is 16.7 Å². The summed E-state index contributed by atoms with van der Waals surface area (Å²) >= 11 is 0. The molecule has 2 saturated carbocycles. The summed E-state index contributed by atoms with van der Waals surface area (Å²) in [6, 6.07) is 107. The van der Waals surface area contributed by atoms with Gasteiger partial charge < -0.3 is 62.3 Å². The molecule has 21 nitrogen and oxygen atoms in total. The van der Waals surface area contributed by atoms with Crippen LogP contribution in [0.25, 0.3) is 6.08 Å². The molecule has 4 atom stereocenters. The molecule has 0 aromatic heterocycles. The zero-order chi connectivity index (χ0) is 108. The molecule has 0 radical (unpaired) electrons. The van der Waals surface area contributed by atoms with E-state index >= 15 is 0 Å². The van der Waals surface area contributed by atoms with Crippen molar-refractivity contribution in [2.75, 3.05) is 91.7 Å². The largest absolute Gasteiger partial charge is 0.491 e. The van der Waals surface area contributed by atoms with Gasteiger partial charge >= 0.3 is 29.8 Å². The zero-order valence-electron chi connectivity index (χ0n) is 87.7. The van der Waals surface area contributed by atoms with Crippen molar-refractivity contribution in [3.05, 3.63) is 421 Å². The Morgan fingerprint density at radius 3 is 1.07 bits per heavy atom. The Hall–Kier alpha value is -14.0. The van der Waals surface area contributed by atoms with Crippen molar-refractivity contribution in [1.82, 2.24) is 0 Å². The number of nitrogens with zero attached hydrogens (tertiary/aromatic N) is 1. The van der Waals surface area contributed by atoms with Gasteiger partial charge in [-0.05, 0) is 198 Å². The first-order valence-corrected chi connectivity index (χ1v) is 53.3. The van der Waals surface area contributed by atoms with Gasteiger partial charge in [0.05, 0.1) is 38.6 Å². The molecule has 2 bridgehead atoms. The van der Waals surface area contributed by atoms with Crippen LogP contribution >= 0.6 is 23.0 Å². The molecule has 0 aliphatic heterocycles. The fourth-order valence-electron chi connectivity index (χ4n) is 15.9. The molecular weight excluding hydrogens is 1920 g/mol. The Morgan fingerprint density at radius 2 is 0.770 bits per heavy atom. The van der Waals surface area contributed by atoms with Crippen LogP contribution in [0.15, 0.2) is 377 Å². The molecule has 4 unspecified atom stereocenters. The summed E-state index contributed by atoms with van der Waals surface area (Å²) in [4.78, 5) is 94.6. The molecule has 0 heterocycles. The Morgan fingerprint density at radius 1 is 0.446 bits per heavy atom. The minimum atomic E-state index is -3.44. The number of aliphatic hydroxyl groups is 2. The minimum absolute atomic E-state index is 0.00926. The van der Waals surface area contributed by atoms with Crippen LogP contribution in [0.2, 0.25) is 0 Å². The Labute approximate surface area is 876 Å². The molecule has 0 spiro atoms. The van der Waals surface area contributed by atoms with Crippen LogP contribution in [-0.4, -0.2) is 156 Å². The SMILES string of the molecule is C=C(C)C(=O)OCC(O)COc1ccc(C(C)(C)c2ccc(OCC(O)COC(=O)C(=C)C)cc2)cc1.C=C(C)C(=O)OCCOCCOCCOC(=O)C(=C)C.C=Cc1ccc(P(c2ccccc2)c2ccccc2)cc1.CC12CCC(C(=O)C1=O)C2(C)C.CCOC(=O)c1ccc(N(C)C)cc1.Cc1cc(C)c(C(=O)P(=O)(c2ccccc2)c2ccccc2)c(C)c1.c1ccc(P(c2ccccc2)c2ccccc2)cc1. The van der Waals surface area contributed by atoms with Gasteiger partial charge in [-0.3, -0.25) is 14.4 Å². The third-order valence-electron chi connectivity index (χ3n) is 24.6. The van der Waals surface area contributed by atoms with Crippen molar-refractivity contribution in [1.29, 1.82) is 0 Å². The summed E-state index contributed by atoms with van der Waals surface area (Å²) in [6.07, 6.45) is 1.79. The van der Waals surface area contributed by atoms with E-state index in [9.17, 15) is 53.1 Å². The molecule has 12 aromatic rings. The number of carbonyl (C=O) groups excluding carboxylic acids is 8. The summed E-state index contributed by atoms with van der Waals surface area (Å²) < 4.78 is 60.1. The fraction of sp³-hybridized carbons (Fsp3) is 0.274. The normalized spacial score (nSPS) is 13.8.